The molecule has 2 rings (SSSR count). The number of hydrogen-bond donors (Lipinski definition) is 1. The van der Waals surface area contributed by atoms with E-state index in [0.29, 0.717) is 5.56 Å². The van der Waals surface area contributed by atoms with Crippen molar-refractivity contribution in [2.24, 2.45) is 0 Å². The number of likely N-dealkylation sites (N-methyl/N-ethyl adjacent to an activating group) is 1. The Labute approximate surface area is 175 Å². The molecule has 9 heteroatoms. The molecule has 1 unspecified atom stereocenters. The quantitative estimate of drug-likeness (QED) is 0.652. The van der Waals surface area contributed by atoms with Gasteiger partial charge < -0.3 is 15.0 Å². The predicted octanol–water partition coefficient (Wildman–Crippen LogP) is 2.51. The van der Waals surface area contributed by atoms with Crippen LogP contribution < -0.4 is 5.32 Å². The third-order valence-electron chi connectivity index (χ3n) is 4.32. The lowest BCUT2D eigenvalue weighted by Crippen LogP contribution is -2.48. The summed E-state index contributed by atoms with van der Waals surface area (Å²) in [6.45, 7) is -0.0215. The normalized spacial score (nSPS) is 12.1. The summed E-state index contributed by atoms with van der Waals surface area (Å²) in [5.41, 5.74) is 1.07. The summed E-state index contributed by atoms with van der Waals surface area (Å²) in [6.07, 6.45) is 0.0791. The molecule has 1 N–H and O–H groups in total. The van der Waals surface area contributed by atoms with Crippen LogP contribution in [0.25, 0.3) is 0 Å². The van der Waals surface area contributed by atoms with E-state index in [0.717, 1.165) is 11.8 Å². The zero-order chi connectivity index (χ0) is 22.1. The van der Waals surface area contributed by atoms with Gasteiger partial charge in [0.2, 0.25) is 5.91 Å². The molecule has 2 amide bonds. The summed E-state index contributed by atoms with van der Waals surface area (Å²) < 4.78 is 42.1. The Morgan fingerprint density at radius 2 is 1.73 bits per heavy atom. The molecule has 7 nitrogen and oxygen atoms in total. The number of sulfone groups is 1. The molecule has 0 heterocycles. The Morgan fingerprint density at radius 3 is 2.37 bits per heavy atom. The van der Waals surface area contributed by atoms with Gasteiger partial charge in [0.05, 0.1) is 5.75 Å². The number of benzene rings is 2. The number of nitrogens with one attached hydrogen (secondary N) is 1. The van der Waals surface area contributed by atoms with Gasteiger partial charge in [-0.2, -0.15) is 0 Å². The van der Waals surface area contributed by atoms with Crippen LogP contribution in [0.3, 0.4) is 0 Å². The van der Waals surface area contributed by atoms with Crippen molar-refractivity contribution in [2.45, 2.75) is 25.6 Å². The molecule has 0 aromatic heterocycles. The van der Waals surface area contributed by atoms with E-state index in [4.69, 9.17) is 4.74 Å². The van der Waals surface area contributed by atoms with Crippen LogP contribution in [-0.2, 0) is 32.5 Å². The maximum absolute atomic E-state index is 13.9. The Kier molecular flexibility index (Phi) is 8.35. The van der Waals surface area contributed by atoms with Gasteiger partial charge in [0.1, 0.15) is 28.3 Å². The van der Waals surface area contributed by atoms with Crippen molar-refractivity contribution < 1.29 is 27.1 Å². The van der Waals surface area contributed by atoms with Crippen molar-refractivity contribution in [1.82, 2.24) is 10.2 Å². The van der Waals surface area contributed by atoms with E-state index < -0.39 is 33.7 Å². The van der Waals surface area contributed by atoms with Crippen LogP contribution in [0.1, 0.15) is 17.5 Å². The van der Waals surface area contributed by atoms with Gasteiger partial charge >= 0.3 is 6.09 Å². The average molecular weight is 437 g/mol. The molecule has 1 atom stereocenters. The molecule has 0 aliphatic carbocycles. The minimum atomic E-state index is -3.36. The van der Waals surface area contributed by atoms with E-state index in [1.807, 2.05) is 6.07 Å². The first kappa shape index (κ1) is 23.3. The molecule has 0 spiro atoms. The standard InChI is InChI=1S/C21H25FN2O5S/c1-24(14-17-10-6-7-11-18(17)22)20(25)19(12-13-30(2,27)28)23-21(26)29-15-16-8-4-3-5-9-16/h3-11,19H,12-15H2,1-2H3,(H,23,26). The lowest BCUT2D eigenvalue weighted by Gasteiger charge is -2.24. The van der Waals surface area contributed by atoms with Gasteiger partial charge in [0, 0.05) is 25.4 Å². The summed E-state index contributed by atoms with van der Waals surface area (Å²) in [4.78, 5) is 26.2. The summed E-state index contributed by atoms with van der Waals surface area (Å²) in [5.74, 6) is -1.30. The summed E-state index contributed by atoms with van der Waals surface area (Å²) in [6, 6.07) is 13.9. The van der Waals surface area contributed by atoms with Gasteiger partial charge in [-0.1, -0.05) is 48.5 Å². The van der Waals surface area contributed by atoms with Gasteiger partial charge in [0.25, 0.3) is 0 Å². The van der Waals surface area contributed by atoms with E-state index in [1.165, 1.54) is 18.0 Å². The van der Waals surface area contributed by atoms with E-state index in [1.54, 1.807) is 42.5 Å². The topological polar surface area (TPSA) is 92.8 Å². The van der Waals surface area contributed by atoms with Crippen molar-refractivity contribution >= 4 is 21.8 Å². The van der Waals surface area contributed by atoms with E-state index in [2.05, 4.69) is 5.32 Å². The minimum Gasteiger partial charge on any atom is -0.445 e. The van der Waals surface area contributed by atoms with Crippen LogP contribution >= 0.6 is 0 Å². The highest BCUT2D eigenvalue weighted by molar-refractivity contribution is 7.90. The SMILES string of the molecule is CN(Cc1ccccc1F)C(=O)C(CCS(C)(=O)=O)NC(=O)OCc1ccccc1. The average Bonchev–Trinajstić information content (AvgIpc) is 2.70. The van der Waals surface area contributed by atoms with Crippen molar-refractivity contribution in [1.29, 1.82) is 0 Å². The molecule has 0 bridgehead atoms. The molecule has 2 aromatic carbocycles. The molecule has 0 aliphatic rings. The van der Waals surface area contributed by atoms with E-state index in [-0.39, 0.29) is 25.3 Å². The molecule has 0 saturated heterocycles. The summed E-state index contributed by atoms with van der Waals surface area (Å²) in [7, 11) is -1.90. The number of rotatable bonds is 9. The zero-order valence-corrected chi connectivity index (χ0v) is 17.7. The number of nitrogens with zero attached hydrogens (tertiary/aromatic N) is 1. The van der Waals surface area contributed by atoms with Gasteiger partial charge in [-0.25, -0.2) is 17.6 Å². The number of alkyl carbamates (subject to hydrolysis) is 1. The van der Waals surface area contributed by atoms with Gasteiger partial charge in [-0.05, 0) is 18.1 Å². The van der Waals surface area contributed by atoms with Crippen LogP contribution in [0.2, 0.25) is 0 Å². The monoisotopic (exact) mass is 436 g/mol. The second-order valence-corrected chi connectivity index (χ2v) is 9.22. The molecule has 0 radical (unpaired) electrons. The number of halogens is 1. The minimum absolute atomic E-state index is 0.00469. The number of carbonyl (C=O) groups excluding carboxylic acids is 2. The highest BCUT2D eigenvalue weighted by atomic mass is 32.2. The number of ether oxygens (including phenoxy) is 1. The van der Waals surface area contributed by atoms with Gasteiger partial charge in [-0.15, -0.1) is 0 Å². The smallest absolute Gasteiger partial charge is 0.408 e. The maximum Gasteiger partial charge on any atom is 0.408 e. The highest BCUT2D eigenvalue weighted by Crippen LogP contribution is 2.11. The maximum atomic E-state index is 13.9. The molecule has 0 saturated carbocycles. The molecular formula is C21H25FN2O5S. The van der Waals surface area contributed by atoms with Crippen molar-refractivity contribution in [3.8, 4) is 0 Å². The first-order valence-electron chi connectivity index (χ1n) is 9.29. The molecule has 2 aromatic rings. The summed E-state index contributed by atoms with van der Waals surface area (Å²) in [5, 5.41) is 2.43. The van der Waals surface area contributed by atoms with Crippen molar-refractivity contribution in [2.75, 3.05) is 19.1 Å². The van der Waals surface area contributed by atoms with Crippen LogP contribution in [0.15, 0.2) is 54.6 Å². The molecule has 0 aliphatic heterocycles. The van der Waals surface area contributed by atoms with Crippen LogP contribution in [0.5, 0.6) is 0 Å². The number of hydrogen-bond acceptors (Lipinski definition) is 5. The lowest BCUT2D eigenvalue weighted by atomic mass is 10.1. The lowest BCUT2D eigenvalue weighted by molar-refractivity contribution is -0.132. The second-order valence-electron chi connectivity index (χ2n) is 6.96. The van der Waals surface area contributed by atoms with Crippen LogP contribution in [-0.4, -0.2) is 50.4 Å². The van der Waals surface area contributed by atoms with Gasteiger partial charge in [0.15, 0.2) is 0 Å². The Hall–Kier alpha value is -2.94. The summed E-state index contributed by atoms with van der Waals surface area (Å²) >= 11 is 0. The Balaban J connectivity index is 2.04. The number of carbonyl (C=O) groups is 2. The van der Waals surface area contributed by atoms with E-state index >= 15 is 0 Å². The molecule has 30 heavy (non-hydrogen) atoms. The zero-order valence-electron chi connectivity index (χ0n) is 16.9. The van der Waals surface area contributed by atoms with Crippen molar-refractivity contribution in [3.05, 3.63) is 71.5 Å². The van der Waals surface area contributed by atoms with E-state index in [9.17, 15) is 22.4 Å². The van der Waals surface area contributed by atoms with Crippen molar-refractivity contribution in [3.63, 3.8) is 0 Å². The van der Waals surface area contributed by atoms with Crippen LogP contribution in [0.4, 0.5) is 9.18 Å². The fourth-order valence-electron chi connectivity index (χ4n) is 2.72. The first-order chi connectivity index (χ1) is 14.2. The van der Waals surface area contributed by atoms with Crippen LogP contribution in [0, 0.1) is 5.82 Å². The Bertz CT molecular complexity index is 966. The highest BCUT2D eigenvalue weighted by Gasteiger charge is 2.26. The second kappa shape index (κ2) is 10.7. The number of amides is 2. The first-order valence-corrected chi connectivity index (χ1v) is 11.3. The predicted molar refractivity (Wildman–Crippen MR) is 111 cm³/mol. The third-order valence-corrected chi connectivity index (χ3v) is 5.30. The fraction of sp³-hybridized carbons (Fsp3) is 0.333. The Morgan fingerprint density at radius 1 is 1.10 bits per heavy atom. The molecule has 0 fully saturated rings. The molecule has 162 valence electrons. The third kappa shape index (κ3) is 7.82. The van der Waals surface area contributed by atoms with Gasteiger partial charge in [-0.3, -0.25) is 4.79 Å². The largest absolute Gasteiger partial charge is 0.445 e. The molecular weight excluding hydrogens is 411 g/mol. The fourth-order valence-corrected chi connectivity index (χ4v) is 3.39.